The van der Waals surface area contributed by atoms with Crippen molar-refractivity contribution < 1.29 is 14.2 Å². The number of benzene rings is 1. The van der Waals surface area contributed by atoms with Crippen LogP contribution in [0.3, 0.4) is 0 Å². The monoisotopic (exact) mass is 324 g/mol. The first-order valence-corrected chi connectivity index (χ1v) is 7.14. The van der Waals surface area contributed by atoms with Crippen molar-refractivity contribution in [1.82, 2.24) is 15.0 Å². The molecule has 0 aliphatic heterocycles. The van der Waals surface area contributed by atoms with E-state index in [1.165, 1.54) is 0 Å². The summed E-state index contributed by atoms with van der Waals surface area (Å²) in [7, 11) is 3.16. The summed E-state index contributed by atoms with van der Waals surface area (Å²) in [6.45, 7) is 0. The molecule has 0 saturated heterocycles. The van der Waals surface area contributed by atoms with Crippen LogP contribution in [0, 0.1) is 0 Å². The third kappa shape index (κ3) is 3.35. The lowest BCUT2D eigenvalue weighted by Crippen LogP contribution is -1.98. The quantitative estimate of drug-likeness (QED) is 0.771. The van der Waals surface area contributed by atoms with Gasteiger partial charge in [-0.2, -0.15) is 0 Å². The molecule has 2 aromatic heterocycles. The van der Waals surface area contributed by atoms with Crippen LogP contribution in [-0.4, -0.2) is 29.2 Å². The molecular formula is C17H16N4O3. The molecule has 3 rings (SSSR count). The SMILES string of the molecule is COc1cc(OC)cc(Oc2ncccc2-c2ccnc(N)n2)c1. The Kier molecular flexibility index (Phi) is 4.42. The maximum absolute atomic E-state index is 5.92. The van der Waals surface area contributed by atoms with E-state index in [-0.39, 0.29) is 5.95 Å². The predicted octanol–water partition coefficient (Wildman–Crippen LogP) is 2.93. The smallest absolute Gasteiger partial charge is 0.228 e. The summed E-state index contributed by atoms with van der Waals surface area (Å²) in [4.78, 5) is 12.4. The highest BCUT2D eigenvalue weighted by Gasteiger charge is 2.12. The van der Waals surface area contributed by atoms with Crippen molar-refractivity contribution in [2.24, 2.45) is 0 Å². The Morgan fingerprint density at radius 2 is 1.58 bits per heavy atom. The molecule has 0 aliphatic carbocycles. The van der Waals surface area contributed by atoms with Gasteiger partial charge in [-0.05, 0) is 18.2 Å². The lowest BCUT2D eigenvalue weighted by molar-refractivity contribution is 0.385. The van der Waals surface area contributed by atoms with Crippen LogP contribution in [0.25, 0.3) is 11.3 Å². The molecule has 0 fully saturated rings. The van der Waals surface area contributed by atoms with Crippen LogP contribution in [0.15, 0.2) is 48.8 Å². The molecular weight excluding hydrogens is 308 g/mol. The minimum atomic E-state index is 0.186. The number of hydrogen-bond donors (Lipinski definition) is 1. The highest BCUT2D eigenvalue weighted by atomic mass is 16.5. The number of nitrogen functional groups attached to an aromatic ring is 1. The van der Waals surface area contributed by atoms with Gasteiger partial charge in [0.05, 0.1) is 25.5 Å². The Labute approximate surface area is 139 Å². The number of anilines is 1. The van der Waals surface area contributed by atoms with Gasteiger partial charge >= 0.3 is 0 Å². The average molecular weight is 324 g/mol. The van der Waals surface area contributed by atoms with E-state index in [1.54, 1.807) is 56.9 Å². The zero-order valence-electron chi connectivity index (χ0n) is 13.3. The second kappa shape index (κ2) is 6.82. The van der Waals surface area contributed by atoms with Crippen molar-refractivity contribution in [1.29, 1.82) is 0 Å². The van der Waals surface area contributed by atoms with Crippen molar-refractivity contribution in [2.45, 2.75) is 0 Å². The largest absolute Gasteiger partial charge is 0.496 e. The minimum absolute atomic E-state index is 0.186. The molecule has 1 aromatic carbocycles. The molecule has 122 valence electrons. The number of nitrogens with two attached hydrogens (primary N) is 1. The van der Waals surface area contributed by atoms with Crippen molar-refractivity contribution in [2.75, 3.05) is 20.0 Å². The second-order valence-corrected chi connectivity index (χ2v) is 4.81. The standard InChI is InChI=1S/C17H16N4O3/c1-22-11-8-12(23-2)10-13(9-11)24-16-14(4-3-6-19-16)15-5-7-20-17(18)21-15/h3-10H,1-2H3,(H2,18,20,21). The van der Waals surface area contributed by atoms with Gasteiger partial charge in [-0.25, -0.2) is 15.0 Å². The van der Waals surface area contributed by atoms with Gasteiger partial charge in [0, 0.05) is 30.6 Å². The minimum Gasteiger partial charge on any atom is -0.496 e. The number of methoxy groups -OCH3 is 2. The first-order valence-electron chi connectivity index (χ1n) is 7.14. The molecule has 0 amide bonds. The molecule has 7 nitrogen and oxygen atoms in total. The average Bonchev–Trinajstić information content (AvgIpc) is 2.61. The Balaban J connectivity index is 2.00. The summed E-state index contributed by atoms with van der Waals surface area (Å²) < 4.78 is 16.4. The first kappa shape index (κ1) is 15.5. The van der Waals surface area contributed by atoms with Gasteiger partial charge in [-0.3, -0.25) is 0 Å². The summed E-state index contributed by atoms with van der Waals surface area (Å²) >= 11 is 0. The molecule has 0 unspecified atom stereocenters. The maximum Gasteiger partial charge on any atom is 0.228 e. The molecule has 7 heteroatoms. The molecule has 0 aliphatic rings. The molecule has 3 aromatic rings. The first-order chi connectivity index (χ1) is 11.7. The van der Waals surface area contributed by atoms with E-state index in [0.717, 1.165) is 0 Å². The third-order valence-corrected chi connectivity index (χ3v) is 3.26. The Bertz CT molecular complexity index is 832. The fourth-order valence-corrected chi connectivity index (χ4v) is 2.14. The van der Waals surface area contributed by atoms with Gasteiger partial charge in [0.1, 0.15) is 17.2 Å². The van der Waals surface area contributed by atoms with Crippen LogP contribution in [-0.2, 0) is 0 Å². The van der Waals surface area contributed by atoms with Crippen molar-refractivity contribution in [3.05, 3.63) is 48.8 Å². The lowest BCUT2D eigenvalue weighted by atomic mass is 10.2. The summed E-state index contributed by atoms with van der Waals surface area (Å²) in [5.74, 6) is 2.35. The highest BCUT2D eigenvalue weighted by molar-refractivity contribution is 5.65. The van der Waals surface area contributed by atoms with Crippen LogP contribution in [0.4, 0.5) is 5.95 Å². The van der Waals surface area contributed by atoms with E-state index in [9.17, 15) is 0 Å². The van der Waals surface area contributed by atoms with Gasteiger partial charge in [-0.15, -0.1) is 0 Å². The number of ether oxygens (including phenoxy) is 3. The van der Waals surface area contributed by atoms with E-state index in [4.69, 9.17) is 19.9 Å². The number of hydrogen-bond acceptors (Lipinski definition) is 7. The van der Waals surface area contributed by atoms with Gasteiger partial charge in [0.2, 0.25) is 11.8 Å². The maximum atomic E-state index is 5.92. The van der Waals surface area contributed by atoms with Gasteiger partial charge < -0.3 is 19.9 Å². The molecule has 0 spiro atoms. The number of pyridine rings is 1. The van der Waals surface area contributed by atoms with E-state index in [0.29, 0.717) is 34.4 Å². The van der Waals surface area contributed by atoms with Crippen LogP contribution in [0.1, 0.15) is 0 Å². The Morgan fingerprint density at radius 1 is 0.875 bits per heavy atom. The Morgan fingerprint density at radius 3 is 2.25 bits per heavy atom. The topological polar surface area (TPSA) is 92.4 Å². The zero-order chi connectivity index (χ0) is 16.9. The van der Waals surface area contributed by atoms with Crippen molar-refractivity contribution >= 4 is 5.95 Å². The molecule has 0 saturated carbocycles. The molecule has 0 atom stereocenters. The van der Waals surface area contributed by atoms with Crippen LogP contribution in [0.5, 0.6) is 23.1 Å². The van der Waals surface area contributed by atoms with Crippen molar-refractivity contribution in [3.8, 4) is 34.4 Å². The third-order valence-electron chi connectivity index (χ3n) is 3.26. The summed E-state index contributed by atoms with van der Waals surface area (Å²) in [5, 5.41) is 0. The second-order valence-electron chi connectivity index (χ2n) is 4.81. The van der Waals surface area contributed by atoms with E-state index >= 15 is 0 Å². The van der Waals surface area contributed by atoms with E-state index in [1.807, 2.05) is 6.07 Å². The number of rotatable bonds is 5. The van der Waals surface area contributed by atoms with E-state index < -0.39 is 0 Å². The lowest BCUT2D eigenvalue weighted by Gasteiger charge is -2.12. The molecule has 2 heterocycles. The fourth-order valence-electron chi connectivity index (χ4n) is 2.14. The summed E-state index contributed by atoms with van der Waals surface area (Å²) in [6.07, 6.45) is 3.23. The van der Waals surface area contributed by atoms with Gasteiger partial charge in [0.25, 0.3) is 0 Å². The van der Waals surface area contributed by atoms with Crippen LogP contribution >= 0.6 is 0 Å². The molecule has 0 radical (unpaired) electrons. The van der Waals surface area contributed by atoms with Gasteiger partial charge in [0.15, 0.2) is 0 Å². The number of nitrogens with zero attached hydrogens (tertiary/aromatic N) is 3. The molecule has 2 N–H and O–H groups in total. The Hall–Kier alpha value is -3.35. The zero-order valence-corrected chi connectivity index (χ0v) is 13.3. The fraction of sp³-hybridized carbons (Fsp3) is 0.118. The molecule has 0 bridgehead atoms. The summed E-state index contributed by atoms with van der Waals surface area (Å²) in [5.41, 5.74) is 6.99. The molecule has 24 heavy (non-hydrogen) atoms. The highest BCUT2D eigenvalue weighted by Crippen LogP contribution is 2.34. The van der Waals surface area contributed by atoms with Crippen LogP contribution < -0.4 is 19.9 Å². The van der Waals surface area contributed by atoms with E-state index in [2.05, 4.69) is 15.0 Å². The summed E-state index contributed by atoms with van der Waals surface area (Å²) in [6, 6.07) is 10.6. The predicted molar refractivity (Wildman–Crippen MR) is 89.3 cm³/mol. The van der Waals surface area contributed by atoms with Gasteiger partial charge in [-0.1, -0.05) is 0 Å². The van der Waals surface area contributed by atoms with Crippen molar-refractivity contribution in [3.63, 3.8) is 0 Å². The normalized spacial score (nSPS) is 10.2. The number of aromatic nitrogens is 3. The van der Waals surface area contributed by atoms with Crippen LogP contribution in [0.2, 0.25) is 0 Å².